The lowest BCUT2D eigenvalue weighted by atomic mass is 9.96. The van der Waals surface area contributed by atoms with Crippen LogP contribution in [-0.2, 0) is 0 Å². The Morgan fingerprint density at radius 1 is 1.35 bits per heavy atom. The molecule has 0 bridgehead atoms. The number of aryl methyl sites for hydroxylation is 1. The summed E-state index contributed by atoms with van der Waals surface area (Å²) < 4.78 is 11.1. The van der Waals surface area contributed by atoms with Crippen LogP contribution in [0.25, 0.3) is 0 Å². The molecule has 2 rings (SSSR count). The SMILES string of the molecule is Cc1cc2c(c(C(=O)CCN)c1C)OCCO2. The molecule has 17 heavy (non-hydrogen) atoms. The van der Waals surface area contributed by atoms with Gasteiger partial charge in [-0.15, -0.1) is 0 Å². The number of ether oxygens (including phenoxy) is 2. The van der Waals surface area contributed by atoms with E-state index in [1.54, 1.807) is 0 Å². The monoisotopic (exact) mass is 235 g/mol. The fourth-order valence-electron chi connectivity index (χ4n) is 2.00. The first-order valence-corrected chi connectivity index (χ1v) is 5.78. The smallest absolute Gasteiger partial charge is 0.172 e. The van der Waals surface area contributed by atoms with Gasteiger partial charge in [0.05, 0.1) is 5.56 Å². The van der Waals surface area contributed by atoms with Crippen LogP contribution >= 0.6 is 0 Å². The van der Waals surface area contributed by atoms with Gasteiger partial charge >= 0.3 is 0 Å². The van der Waals surface area contributed by atoms with Gasteiger partial charge in [0.15, 0.2) is 17.3 Å². The maximum Gasteiger partial charge on any atom is 0.172 e. The Bertz CT molecular complexity index is 454. The maximum absolute atomic E-state index is 12.1. The van der Waals surface area contributed by atoms with Crippen molar-refractivity contribution in [2.45, 2.75) is 20.3 Å². The van der Waals surface area contributed by atoms with Gasteiger partial charge in [0, 0.05) is 6.42 Å². The Morgan fingerprint density at radius 3 is 2.76 bits per heavy atom. The van der Waals surface area contributed by atoms with Crippen molar-refractivity contribution in [3.05, 3.63) is 22.8 Å². The van der Waals surface area contributed by atoms with Crippen LogP contribution in [0.3, 0.4) is 0 Å². The molecule has 2 N–H and O–H groups in total. The predicted molar refractivity (Wildman–Crippen MR) is 64.9 cm³/mol. The number of nitrogens with two attached hydrogens (primary N) is 1. The van der Waals surface area contributed by atoms with Crippen LogP contribution in [-0.4, -0.2) is 25.5 Å². The molecule has 0 spiro atoms. The van der Waals surface area contributed by atoms with E-state index in [4.69, 9.17) is 15.2 Å². The van der Waals surface area contributed by atoms with Crippen LogP contribution in [0.2, 0.25) is 0 Å². The number of carbonyl (C=O) groups excluding carboxylic acids is 1. The Hall–Kier alpha value is -1.55. The molecule has 4 nitrogen and oxygen atoms in total. The molecule has 0 saturated carbocycles. The zero-order chi connectivity index (χ0) is 12.4. The second-order valence-corrected chi connectivity index (χ2v) is 4.18. The number of fused-ring (bicyclic) bond motifs is 1. The third-order valence-corrected chi connectivity index (χ3v) is 3.00. The number of rotatable bonds is 3. The third-order valence-electron chi connectivity index (χ3n) is 3.00. The molecule has 92 valence electrons. The molecule has 0 atom stereocenters. The van der Waals surface area contributed by atoms with E-state index in [1.165, 1.54) is 0 Å². The number of benzene rings is 1. The summed E-state index contributed by atoms with van der Waals surface area (Å²) in [5.41, 5.74) is 8.06. The normalized spacial score (nSPS) is 13.6. The van der Waals surface area contributed by atoms with Gasteiger partial charge in [-0.2, -0.15) is 0 Å². The van der Waals surface area contributed by atoms with E-state index in [1.807, 2.05) is 19.9 Å². The molecule has 0 fully saturated rings. The van der Waals surface area contributed by atoms with E-state index >= 15 is 0 Å². The van der Waals surface area contributed by atoms with Crippen LogP contribution in [0.1, 0.15) is 27.9 Å². The highest BCUT2D eigenvalue weighted by molar-refractivity contribution is 6.01. The van der Waals surface area contributed by atoms with Gasteiger partial charge < -0.3 is 15.2 Å². The van der Waals surface area contributed by atoms with Gasteiger partial charge in [-0.1, -0.05) is 0 Å². The van der Waals surface area contributed by atoms with Crippen molar-refractivity contribution in [3.8, 4) is 11.5 Å². The van der Waals surface area contributed by atoms with E-state index in [2.05, 4.69) is 0 Å². The number of hydrogen-bond acceptors (Lipinski definition) is 4. The van der Waals surface area contributed by atoms with E-state index in [9.17, 15) is 4.79 Å². The first-order chi connectivity index (χ1) is 8.15. The van der Waals surface area contributed by atoms with Crippen molar-refractivity contribution in [3.63, 3.8) is 0 Å². The minimum Gasteiger partial charge on any atom is -0.486 e. The van der Waals surface area contributed by atoms with Gasteiger partial charge in [-0.05, 0) is 37.6 Å². The third kappa shape index (κ3) is 2.13. The molecular formula is C13H17NO3. The summed E-state index contributed by atoms with van der Waals surface area (Å²) in [5.74, 6) is 1.27. The Morgan fingerprint density at radius 2 is 2.06 bits per heavy atom. The lowest BCUT2D eigenvalue weighted by molar-refractivity contribution is 0.0973. The summed E-state index contributed by atoms with van der Waals surface area (Å²) in [4.78, 5) is 12.1. The van der Waals surface area contributed by atoms with Crippen LogP contribution in [0.15, 0.2) is 6.07 Å². The van der Waals surface area contributed by atoms with Crippen LogP contribution < -0.4 is 15.2 Å². The minimum absolute atomic E-state index is 0.0236. The molecule has 1 aliphatic rings. The number of ketones is 1. The van der Waals surface area contributed by atoms with Crippen LogP contribution in [0, 0.1) is 13.8 Å². The highest BCUT2D eigenvalue weighted by Crippen LogP contribution is 2.38. The zero-order valence-corrected chi connectivity index (χ0v) is 10.2. The second-order valence-electron chi connectivity index (χ2n) is 4.18. The van der Waals surface area contributed by atoms with Crippen molar-refractivity contribution in [1.29, 1.82) is 0 Å². The molecule has 0 radical (unpaired) electrons. The van der Waals surface area contributed by atoms with Crippen molar-refractivity contribution in [2.75, 3.05) is 19.8 Å². The maximum atomic E-state index is 12.1. The molecule has 1 aromatic rings. The van der Waals surface area contributed by atoms with Crippen LogP contribution in [0.5, 0.6) is 11.5 Å². The van der Waals surface area contributed by atoms with Gasteiger partial charge in [0.2, 0.25) is 0 Å². The lowest BCUT2D eigenvalue weighted by Gasteiger charge is -2.23. The Labute approximate surface area is 101 Å². The number of Topliss-reactive ketones (excluding diaryl/α,β-unsaturated/α-hetero) is 1. The minimum atomic E-state index is 0.0236. The van der Waals surface area contributed by atoms with Crippen molar-refractivity contribution < 1.29 is 14.3 Å². The van der Waals surface area contributed by atoms with Crippen molar-refractivity contribution >= 4 is 5.78 Å². The van der Waals surface area contributed by atoms with E-state index in [0.29, 0.717) is 43.2 Å². The topological polar surface area (TPSA) is 61.6 Å². The summed E-state index contributed by atoms with van der Waals surface area (Å²) in [6, 6.07) is 1.92. The average Bonchev–Trinajstić information content (AvgIpc) is 2.31. The quantitative estimate of drug-likeness (QED) is 0.808. The molecule has 0 aromatic heterocycles. The molecular weight excluding hydrogens is 218 g/mol. The number of hydrogen-bond donors (Lipinski definition) is 1. The lowest BCUT2D eigenvalue weighted by Crippen LogP contribution is -2.20. The summed E-state index contributed by atoms with van der Waals surface area (Å²) in [7, 11) is 0. The first kappa shape index (κ1) is 11.9. The predicted octanol–water partition coefficient (Wildman–Crippen LogP) is 1.61. The molecule has 1 aliphatic heterocycles. The summed E-state index contributed by atoms with van der Waals surface area (Å²) >= 11 is 0. The molecule has 1 heterocycles. The van der Waals surface area contributed by atoms with E-state index in [0.717, 1.165) is 11.1 Å². The fraction of sp³-hybridized carbons (Fsp3) is 0.462. The molecule has 0 saturated heterocycles. The Kier molecular flexibility index (Phi) is 3.33. The van der Waals surface area contributed by atoms with Crippen LogP contribution in [0.4, 0.5) is 0 Å². The summed E-state index contributed by atoms with van der Waals surface area (Å²) in [5, 5.41) is 0. The average molecular weight is 235 g/mol. The van der Waals surface area contributed by atoms with Gasteiger partial charge in [-0.25, -0.2) is 0 Å². The van der Waals surface area contributed by atoms with Gasteiger partial charge in [-0.3, -0.25) is 4.79 Å². The molecule has 1 aromatic carbocycles. The van der Waals surface area contributed by atoms with E-state index < -0.39 is 0 Å². The fourth-order valence-corrected chi connectivity index (χ4v) is 2.00. The standard InChI is InChI=1S/C13H17NO3/c1-8-7-11-13(17-6-5-16-11)12(9(8)2)10(15)3-4-14/h7H,3-6,14H2,1-2H3. The largest absolute Gasteiger partial charge is 0.486 e. The first-order valence-electron chi connectivity index (χ1n) is 5.78. The summed E-state index contributed by atoms with van der Waals surface area (Å²) in [6.07, 6.45) is 0.333. The van der Waals surface area contributed by atoms with Gasteiger partial charge in [0.1, 0.15) is 13.2 Å². The van der Waals surface area contributed by atoms with Gasteiger partial charge in [0.25, 0.3) is 0 Å². The molecule has 4 heteroatoms. The highest BCUT2D eigenvalue weighted by atomic mass is 16.6. The van der Waals surface area contributed by atoms with Crippen molar-refractivity contribution in [2.24, 2.45) is 5.73 Å². The highest BCUT2D eigenvalue weighted by Gasteiger charge is 2.23. The molecule has 0 aliphatic carbocycles. The number of carbonyl (C=O) groups is 1. The molecule has 0 amide bonds. The molecule has 0 unspecified atom stereocenters. The van der Waals surface area contributed by atoms with E-state index in [-0.39, 0.29) is 5.78 Å². The zero-order valence-electron chi connectivity index (χ0n) is 10.2. The van der Waals surface area contributed by atoms with Crippen molar-refractivity contribution in [1.82, 2.24) is 0 Å². The summed E-state index contributed by atoms with van der Waals surface area (Å²) in [6.45, 7) is 5.25. The second kappa shape index (κ2) is 4.75. The Balaban J connectivity index is 2.54.